The Kier molecular flexibility index (Phi) is 1.93. The smallest absolute Gasteiger partial charge is 0.0956 e. The first-order valence-electron chi connectivity index (χ1n) is 3.40. The van der Waals surface area contributed by atoms with Crippen molar-refractivity contribution < 1.29 is 5.11 Å². The van der Waals surface area contributed by atoms with Gasteiger partial charge in [-0.05, 0) is 18.9 Å². The Morgan fingerprint density at radius 2 is 2.56 bits per heavy atom. The SMILES string of the molecule is CC[C@@H]1CC=CC=C1O. The van der Waals surface area contributed by atoms with Crippen LogP contribution in [0.2, 0.25) is 0 Å². The summed E-state index contributed by atoms with van der Waals surface area (Å²) in [5.41, 5.74) is 0. The lowest BCUT2D eigenvalue weighted by Gasteiger charge is -2.13. The van der Waals surface area contributed by atoms with Crippen molar-refractivity contribution >= 4 is 0 Å². The molecule has 1 atom stereocenters. The van der Waals surface area contributed by atoms with Crippen LogP contribution in [0.25, 0.3) is 0 Å². The van der Waals surface area contributed by atoms with Gasteiger partial charge in [0.25, 0.3) is 0 Å². The Morgan fingerprint density at radius 3 is 3.00 bits per heavy atom. The Hall–Kier alpha value is -0.720. The molecule has 0 saturated heterocycles. The maximum Gasteiger partial charge on any atom is 0.0956 e. The molecule has 1 heteroatoms. The molecule has 0 saturated carbocycles. The number of rotatable bonds is 1. The van der Waals surface area contributed by atoms with Gasteiger partial charge in [0.1, 0.15) is 0 Å². The van der Waals surface area contributed by atoms with Gasteiger partial charge in [0.05, 0.1) is 5.76 Å². The zero-order valence-corrected chi connectivity index (χ0v) is 5.67. The molecule has 0 spiro atoms. The molecule has 0 fully saturated rings. The van der Waals surface area contributed by atoms with Gasteiger partial charge in [-0.3, -0.25) is 0 Å². The van der Waals surface area contributed by atoms with Crippen molar-refractivity contribution in [2.24, 2.45) is 5.92 Å². The van der Waals surface area contributed by atoms with Gasteiger partial charge in [-0.25, -0.2) is 0 Å². The molecule has 0 amide bonds. The Balaban J connectivity index is 2.59. The van der Waals surface area contributed by atoms with E-state index in [4.69, 9.17) is 0 Å². The summed E-state index contributed by atoms with van der Waals surface area (Å²) in [6.45, 7) is 2.09. The summed E-state index contributed by atoms with van der Waals surface area (Å²) in [6, 6.07) is 0. The van der Waals surface area contributed by atoms with E-state index in [1.54, 1.807) is 6.08 Å². The topological polar surface area (TPSA) is 20.2 Å². The summed E-state index contributed by atoms with van der Waals surface area (Å²) in [7, 11) is 0. The van der Waals surface area contributed by atoms with E-state index < -0.39 is 0 Å². The Morgan fingerprint density at radius 1 is 1.78 bits per heavy atom. The second-order valence-corrected chi connectivity index (χ2v) is 2.36. The van der Waals surface area contributed by atoms with E-state index >= 15 is 0 Å². The van der Waals surface area contributed by atoms with E-state index in [9.17, 15) is 5.11 Å². The summed E-state index contributed by atoms with van der Waals surface area (Å²) in [5.74, 6) is 0.926. The fourth-order valence-electron chi connectivity index (χ4n) is 1.04. The van der Waals surface area contributed by atoms with Crippen LogP contribution in [0.3, 0.4) is 0 Å². The van der Waals surface area contributed by atoms with E-state index in [2.05, 4.69) is 13.0 Å². The molecule has 1 rings (SSSR count). The summed E-state index contributed by atoms with van der Waals surface area (Å²) < 4.78 is 0. The molecule has 9 heavy (non-hydrogen) atoms. The Bertz CT molecular complexity index is 145. The van der Waals surface area contributed by atoms with Gasteiger partial charge < -0.3 is 5.11 Å². The van der Waals surface area contributed by atoms with Gasteiger partial charge in [0, 0.05) is 5.92 Å². The second-order valence-electron chi connectivity index (χ2n) is 2.36. The highest BCUT2D eigenvalue weighted by molar-refractivity contribution is 5.15. The third-order valence-electron chi connectivity index (χ3n) is 1.73. The molecule has 1 aliphatic rings. The maximum atomic E-state index is 9.18. The first-order valence-corrected chi connectivity index (χ1v) is 3.40. The van der Waals surface area contributed by atoms with Crippen molar-refractivity contribution in [3.63, 3.8) is 0 Å². The molecule has 0 heterocycles. The molecule has 50 valence electrons. The van der Waals surface area contributed by atoms with Crippen LogP contribution in [0.4, 0.5) is 0 Å². The van der Waals surface area contributed by atoms with Crippen LogP contribution in [0.1, 0.15) is 19.8 Å². The first-order chi connectivity index (χ1) is 4.34. The zero-order valence-electron chi connectivity index (χ0n) is 5.67. The van der Waals surface area contributed by atoms with Gasteiger partial charge in [0.15, 0.2) is 0 Å². The molecule has 1 N–H and O–H groups in total. The van der Waals surface area contributed by atoms with E-state index in [-0.39, 0.29) is 0 Å². The van der Waals surface area contributed by atoms with Crippen molar-refractivity contribution in [3.8, 4) is 0 Å². The van der Waals surface area contributed by atoms with Crippen LogP contribution in [-0.4, -0.2) is 5.11 Å². The second kappa shape index (κ2) is 2.72. The quantitative estimate of drug-likeness (QED) is 0.569. The molecular weight excluding hydrogens is 112 g/mol. The predicted molar refractivity (Wildman–Crippen MR) is 38.2 cm³/mol. The molecule has 1 nitrogen and oxygen atoms in total. The molecule has 0 aliphatic heterocycles. The van der Waals surface area contributed by atoms with Crippen molar-refractivity contribution in [1.82, 2.24) is 0 Å². The molecule has 0 unspecified atom stereocenters. The summed E-state index contributed by atoms with van der Waals surface area (Å²) >= 11 is 0. The number of aliphatic hydroxyl groups is 1. The van der Waals surface area contributed by atoms with Gasteiger partial charge in [-0.15, -0.1) is 0 Å². The van der Waals surface area contributed by atoms with E-state index in [0.717, 1.165) is 12.8 Å². The van der Waals surface area contributed by atoms with Gasteiger partial charge in [-0.2, -0.15) is 0 Å². The van der Waals surface area contributed by atoms with E-state index in [0.29, 0.717) is 11.7 Å². The van der Waals surface area contributed by atoms with Crippen LogP contribution in [-0.2, 0) is 0 Å². The molecule has 1 aliphatic carbocycles. The minimum atomic E-state index is 0.384. The third kappa shape index (κ3) is 1.35. The minimum Gasteiger partial charge on any atom is -0.512 e. The number of hydrogen-bond acceptors (Lipinski definition) is 1. The first kappa shape index (κ1) is 6.40. The van der Waals surface area contributed by atoms with Crippen LogP contribution >= 0.6 is 0 Å². The van der Waals surface area contributed by atoms with Crippen LogP contribution < -0.4 is 0 Å². The lowest BCUT2D eigenvalue weighted by Crippen LogP contribution is -2.03. The summed E-state index contributed by atoms with van der Waals surface area (Å²) in [5, 5.41) is 9.18. The third-order valence-corrected chi connectivity index (χ3v) is 1.73. The van der Waals surface area contributed by atoms with Crippen LogP contribution in [0.15, 0.2) is 24.0 Å². The summed E-state index contributed by atoms with van der Waals surface area (Å²) in [6.07, 6.45) is 7.80. The maximum absolute atomic E-state index is 9.18. The van der Waals surface area contributed by atoms with E-state index in [1.165, 1.54) is 0 Å². The lowest BCUT2D eigenvalue weighted by atomic mass is 9.96. The monoisotopic (exact) mass is 124 g/mol. The summed E-state index contributed by atoms with van der Waals surface area (Å²) in [4.78, 5) is 0. The predicted octanol–water partition coefficient (Wildman–Crippen LogP) is 2.41. The number of allylic oxidation sites excluding steroid dienone is 4. The molecule has 0 aromatic carbocycles. The lowest BCUT2D eigenvalue weighted by molar-refractivity contribution is 0.322. The molecular formula is C8H12O. The molecule has 0 aromatic rings. The molecule has 0 bridgehead atoms. The van der Waals surface area contributed by atoms with Crippen LogP contribution in [0.5, 0.6) is 0 Å². The fraction of sp³-hybridized carbons (Fsp3) is 0.500. The Labute approximate surface area is 55.7 Å². The van der Waals surface area contributed by atoms with Crippen molar-refractivity contribution in [2.45, 2.75) is 19.8 Å². The standard InChI is InChI=1S/C8H12O/c1-2-7-5-3-4-6-8(7)9/h3-4,6-7,9H,2,5H2,1H3/t7-/m1/s1. The van der Waals surface area contributed by atoms with Gasteiger partial charge in [0.2, 0.25) is 0 Å². The van der Waals surface area contributed by atoms with E-state index in [1.807, 2.05) is 6.08 Å². The number of hydrogen-bond donors (Lipinski definition) is 1. The van der Waals surface area contributed by atoms with Crippen molar-refractivity contribution in [2.75, 3.05) is 0 Å². The molecule has 0 aromatic heterocycles. The van der Waals surface area contributed by atoms with Gasteiger partial charge >= 0.3 is 0 Å². The minimum absolute atomic E-state index is 0.384. The fourth-order valence-corrected chi connectivity index (χ4v) is 1.04. The zero-order chi connectivity index (χ0) is 6.69. The van der Waals surface area contributed by atoms with Crippen LogP contribution in [0, 0.1) is 5.92 Å². The molecule has 0 radical (unpaired) electrons. The highest BCUT2D eigenvalue weighted by Crippen LogP contribution is 2.20. The average Bonchev–Trinajstić information content (AvgIpc) is 1.89. The van der Waals surface area contributed by atoms with Crippen molar-refractivity contribution in [3.05, 3.63) is 24.0 Å². The highest BCUT2D eigenvalue weighted by Gasteiger charge is 2.10. The normalized spacial score (nSPS) is 25.9. The largest absolute Gasteiger partial charge is 0.512 e. The number of aliphatic hydroxyl groups excluding tert-OH is 1. The van der Waals surface area contributed by atoms with Crippen molar-refractivity contribution in [1.29, 1.82) is 0 Å². The van der Waals surface area contributed by atoms with Gasteiger partial charge in [-0.1, -0.05) is 19.1 Å². The highest BCUT2D eigenvalue weighted by atomic mass is 16.3. The average molecular weight is 124 g/mol.